The van der Waals surface area contributed by atoms with E-state index in [0.717, 1.165) is 5.56 Å². The lowest BCUT2D eigenvalue weighted by molar-refractivity contribution is -0.136. The molecule has 0 aliphatic rings. The molecular formula is C9H9BrClN3O2. The lowest BCUT2D eigenvalue weighted by Crippen LogP contribution is -2.39. The van der Waals surface area contributed by atoms with Gasteiger partial charge in [0.05, 0.1) is 5.69 Å². The fourth-order valence-corrected chi connectivity index (χ4v) is 1.71. The molecule has 7 heteroatoms. The Balaban J connectivity index is 2.94. The summed E-state index contributed by atoms with van der Waals surface area (Å²) in [6.45, 7) is 1.82. The first kappa shape index (κ1) is 13.0. The van der Waals surface area contributed by atoms with E-state index in [-0.39, 0.29) is 0 Å². The van der Waals surface area contributed by atoms with E-state index in [0.29, 0.717) is 15.2 Å². The second kappa shape index (κ2) is 5.29. The van der Waals surface area contributed by atoms with Crippen LogP contribution in [0.3, 0.4) is 0 Å². The Morgan fingerprint density at radius 1 is 1.38 bits per heavy atom. The van der Waals surface area contributed by atoms with E-state index in [9.17, 15) is 9.59 Å². The van der Waals surface area contributed by atoms with Crippen molar-refractivity contribution in [2.75, 3.05) is 5.32 Å². The van der Waals surface area contributed by atoms with Crippen LogP contribution in [0, 0.1) is 6.92 Å². The zero-order valence-corrected chi connectivity index (χ0v) is 10.6. The van der Waals surface area contributed by atoms with Gasteiger partial charge < -0.3 is 5.32 Å². The average molecular weight is 307 g/mol. The molecule has 5 nitrogen and oxygen atoms in total. The first-order chi connectivity index (χ1) is 7.45. The van der Waals surface area contributed by atoms with E-state index in [1.165, 1.54) is 0 Å². The van der Waals surface area contributed by atoms with Crippen LogP contribution in [-0.2, 0) is 9.59 Å². The molecule has 1 rings (SSSR count). The molecule has 1 aromatic carbocycles. The highest BCUT2D eigenvalue weighted by atomic mass is 79.9. The smallest absolute Gasteiger partial charge is 0.317 e. The summed E-state index contributed by atoms with van der Waals surface area (Å²) in [7, 11) is 0. The number of halogens is 2. The van der Waals surface area contributed by atoms with Crippen molar-refractivity contribution in [2.24, 2.45) is 5.84 Å². The Labute approximate surface area is 105 Å². The van der Waals surface area contributed by atoms with Gasteiger partial charge in [0.15, 0.2) is 0 Å². The van der Waals surface area contributed by atoms with Crippen molar-refractivity contribution in [3.63, 3.8) is 0 Å². The van der Waals surface area contributed by atoms with Gasteiger partial charge in [0.25, 0.3) is 0 Å². The predicted octanol–water partition coefficient (Wildman–Crippen LogP) is 1.34. The monoisotopic (exact) mass is 305 g/mol. The van der Waals surface area contributed by atoms with Gasteiger partial charge in [-0.2, -0.15) is 0 Å². The summed E-state index contributed by atoms with van der Waals surface area (Å²) in [5.41, 5.74) is 2.99. The van der Waals surface area contributed by atoms with Crippen LogP contribution in [0.4, 0.5) is 5.69 Å². The second-order valence-electron chi connectivity index (χ2n) is 3.01. The second-order valence-corrected chi connectivity index (χ2v) is 4.27. The number of carbonyl (C=O) groups is 2. The van der Waals surface area contributed by atoms with E-state index < -0.39 is 11.8 Å². The molecule has 2 amide bonds. The third kappa shape index (κ3) is 2.94. The molecule has 0 aliphatic heterocycles. The maximum atomic E-state index is 11.2. The highest BCUT2D eigenvalue weighted by Crippen LogP contribution is 2.28. The van der Waals surface area contributed by atoms with Gasteiger partial charge in [-0.3, -0.25) is 15.0 Å². The molecule has 0 aliphatic carbocycles. The topological polar surface area (TPSA) is 84.2 Å². The number of nitrogens with two attached hydrogens (primary N) is 1. The van der Waals surface area contributed by atoms with Crippen molar-refractivity contribution >= 4 is 45.0 Å². The Morgan fingerprint density at radius 2 is 2.00 bits per heavy atom. The minimum atomic E-state index is -0.927. The molecule has 16 heavy (non-hydrogen) atoms. The lowest BCUT2D eigenvalue weighted by Gasteiger charge is -2.08. The molecule has 0 radical (unpaired) electrons. The minimum absolute atomic E-state index is 0.407. The highest BCUT2D eigenvalue weighted by Gasteiger charge is 2.14. The minimum Gasteiger partial charge on any atom is -0.317 e. The molecule has 0 fully saturated rings. The number of benzene rings is 1. The number of aryl methyl sites for hydroxylation is 1. The number of amides is 2. The molecule has 0 spiro atoms. The molecule has 0 saturated carbocycles. The zero-order valence-electron chi connectivity index (χ0n) is 8.30. The van der Waals surface area contributed by atoms with Crippen molar-refractivity contribution < 1.29 is 9.59 Å². The number of nitrogens with one attached hydrogen (secondary N) is 2. The highest BCUT2D eigenvalue weighted by molar-refractivity contribution is 9.10. The fourth-order valence-electron chi connectivity index (χ4n) is 0.987. The third-order valence-electron chi connectivity index (χ3n) is 1.83. The summed E-state index contributed by atoms with van der Waals surface area (Å²) >= 11 is 9.13. The van der Waals surface area contributed by atoms with Gasteiger partial charge in [-0.15, -0.1) is 0 Å². The van der Waals surface area contributed by atoms with Crippen LogP contribution >= 0.6 is 27.5 Å². The van der Waals surface area contributed by atoms with Gasteiger partial charge in [-0.1, -0.05) is 11.6 Å². The summed E-state index contributed by atoms with van der Waals surface area (Å²) in [5, 5.41) is 2.86. The summed E-state index contributed by atoms with van der Waals surface area (Å²) in [6, 6.07) is 3.28. The van der Waals surface area contributed by atoms with E-state index >= 15 is 0 Å². The summed E-state index contributed by atoms with van der Waals surface area (Å²) in [4.78, 5) is 22.1. The molecule has 0 unspecified atom stereocenters. The molecule has 0 bridgehead atoms. The fraction of sp³-hybridized carbons (Fsp3) is 0.111. The average Bonchev–Trinajstić information content (AvgIpc) is 2.24. The molecule has 4 N–H and O–H groups in total. The lowest BCUT2D eigenvalue weighted by atomic mass is 10.2. The zero-order chi connectivity index (χ0) is 12.3. The quantitative estimate of drug-likeness (QED) is 0.317. The van der Waals surface area contributed by atoms with E-state index in [1.54, 1.807) is 17.6 Å². The van der Waals surface area contributed by atoms with Crippen LogP contribution < -0.4 is 16.6 Å². The predicted molar refractivity (Wildman–Crippen MR) is 64.8 cm³/mol. The first-order valence-electron chi connectivity index (χ1n) is 4.23. The van der Waals surface area contributed by atoms with Gasteiger partial charge in [-0.25, -0.2) is 5.84 Å². The van der Waals surface area contributed by atoms with E-state index in [4.69, 9.17) is 17.4 Å². The normalized spacial score (nSPS) is 9.75. The number of hydrazine groups is 1. The number of rotatable bonds is 1. The van der Waals surface area contributed by atoms with Crippen LogP contribution in [0.25, 0.3) is 0 Å². The molecule has 0 aromatic heterocycles. The Bertz CT molecular complexity index is 451. The SMILES string of the molecule is Cc1cc(Br)c(NC(=O)C(=O)NN)cc1Cl. The maximum Gasteiger partial charge on any atom is 0.323 e. The van der Waals surface area contributed by atoms with Crippen LogP contribution in [-0.4, -0.2) is 11.8 Å². The molecule has 0 saturated heterocycles. The molecule has 86 valence electrons. The Hall–Kier alpha value is -1.11. The van der Waals surface area contributed by atoms with E-state index in [1.807, 2.05) is 6.92 Å². The van der Waals surface area contributed by atoms with Gasteiger partial charge in [-0.05, 0) is 40.5 Å². The number of carbonyl (C=O) groups excluding carboxylic acids is 2. The number of anilines is 1. The maximum absolute atomic E-state index is 11.2. The summed E-state index contributed by atoms with van der Waals surface area (Å²) in [6.07, 6.45) is 0. The van der Waals surface area contributed by atoms with E-state index in [2.05, 4.69) is 21.2 Å². The van der Waals surface area contributed by atoms with Crippen molar-refractivity contribution in [3.05, 3.63) is 27.2 Å². The van der Waals surface area contributed by atoms with Crippen molar-refractivity contribution in [1.82, 2.24) is 5.43 Å². The van der Waals surface area contributed by atoms with Gasteiger partial charge in [0, 0.05) is 9.50 Å². The van der Waals surface area contributed by atoms with Crippen LogP contribution in [0.1, 0.15) is 5.56 Å². The molecule has 0 heterocycles. The van der Waals surface area contributed by atoms with Crippen molar-refractivity contribution in [1.29, 1.82) is 0 Å². The molecular weight excluding hydrogens is 297 g/mol. The van der Waals surface area contributed by atoms with Crippen LogP contribution in [0.5, 0.6) is 0 Å². The van der Waals surface area contributed by atoms with Gasteiger partial charge >= 0.3 is 11.8 Å². The number of hydrogen-bond donors (Lipinski definition) is 3. The van der Waals surface area contributed by atoms with Gasteiger partial charge in [0.1, 0.15) is 0 Å². The summed E-state index contributed by atoms with van der Waals surface area (Å²) < 4.78 is 0.632. The molecule has 1 aromatic rings. The molecule has 0 atom stereocenters. The van der Waals surface area contributed by atoms with Crippen molar-refractivity contribution in [2.45, 2.75) is 6.92 Å². The largest absolute Gasteiger partial charge is 0.323 e. The first-order valence-corrected chi connectivity index (χ1v) is 5.40. The van der Waals surface area contributed by atoms with Crippen LogP contribution in [0.2, 0.25) is 5.02 Å². The summed E-state index contributed by atoms with van der Waals surface area (Å²) in [5.74, 6) is 3.04. The Morgan fingerprint density at radius 3 is 2.56 bits per heavy atom. The Kier molecular flexibility index (Phi) is 4.28. The van der Waals surface area contributed by atoms with Crippen LogP contribution in [0.15, 0.2) is 16.6 Å². The third-order valence-corrected chi connectivity index (χ3v) is 2.90. The number of hydrogen-bond acceptors (Lipinski definition) is 3. The van der Waals surface area contributed by atoms with Gasteiger partial charge in [0.2, 0.25) is 0 Å². The van der Waals surface area contributed by atoms with Crippen molar-refractivity contribution in [3.8, 4) is 0 Å². The standard InChI is InChI=1S/C9H9BrClN3O2/c1-4-2-5(10)7(3-6(4)11)13-8(15)9(16)14-12/h2-3H,12H2,1H3,(H,13,15)(H,14,16).